The number of carbonyl (C=O) groups is 1. The quantitative estimate of drug-likeness (QED) is 0.547. The van der Waals surface area contributed by atoms with Crippen LogP contribution in [0, 0.1) is 6.92 Å². The van der Waals surface area contributed by atoms with E-state index in [1.165, 1.54) is 12.8 Å². The van der Waals surface area contributed by atoms with E-state index in [1.807, 2.05) is 11.8 Å². The molecule has 0 radical (unpaired) electrons. The number of fused-ring (bicyclic) bond motifs is 2. The number of ether oxygens (including phenoxy) is 1. The van der Waals surface area contributed by atoms with Gasteiger partial charge >= 0.3 is 0 Å². The lowest BCUT2D eigenvalue weighted by Gasteiger charge is -2.36. The highest BCUT2D eigenvalue weighted by Gasteiger charge is 2.39. The zero-order valence-corrected chi connectivity index (χ0v) is 20.6. The van der Waals surface area contributed by atoms with E-state index in [1.54, 1.807) is 6.20 Å². The number of aryl methyl sites for hydroxylation is 1. The van der Waals surface area contributed by atoms with Gasteiger partial charge in [-0.1, -0.05) is 11.6 Å². The molecule has 0 spiro atoms. The molecule has 34 heavy (non-hydrogen) atoms. The first kappa shape index (κ1) is 23.3. The van der Waals surface area contributed by atoms with Crippen molar-refractivity contribution in [2.24, 2.45) is 0 Å². The van der Waals surface area contributed by atoms with Crippen LogP contribution in [0.1, 0.15) is 43.8 Å². The molecular formula is C23H33ClN8O2. The Labute approximate surface area is 205 Å². The van der Waals surface area contributed by atoms with Gasteiger partial charge < -0.3 is 25.2 Å². The molecular weight excluding hydrogens is 456 g/mol. The highest BCUT2D eigenvalue weighted by molar-refractivity contribution is 6.32. The molecule has 2 aromatic rings. The van der Waals surface area contributed by atoms with Gasteiger partial charge in [-0.25, -0.2) is 4.98 Å². The summed E-state index contributed by atoms with van der Waals surface area (Å²) in [6, 6.07) is 1.77. The summed E-state index contributed by atoms with van der Waals surface area (Å²) in [6.07, 6.45) is 9.35. The Morgan fingerprint density at radius 2 is 2.03 bits per heavy atom. The third kappa shape index (κ3) is 4.99. The predicted octanol–water partition coefficient (Wildman–Crippen LogP) is 2.84. The smallest absolute Gasteiger partial charge is 0.248 e. The SMILES string of the molecule is Cc1nn(C2CC3CCC(C2)N3C)cc1Nc1ncc(Cl)c(NCCCN2CCOCC2=O)n1. The first-order valence-electron chi connectivity index (χ1n) is 12.1. The topological polar surface area (TPSA) is 100 Å². The second-order valence-corrected chi connectivity index (χ2v) is 9.92. The lowest BCUT2D eigenvalue weighted by molar-refractivity contribution is -0.142. The Morgan fingerprint density at radius 1 is 1.24 bits per heavy atom. The molecule has 5 rings (SSSR count). The van der Waals surface area contributed by atoms with Crippen LogP contribution in [0.4, 0.5) is 17.5 Å². The van der Waals surface area contributed by atoms with Crippen LogP contribution in [-0.4, -0.2) is 87.4 Å². The summed E-state index contributed by atoms with van der Waals surface area (Å²) >= 11 is 6.32. The van der Waals surface area contributed by atoms with Gasteiger partial charge in [0, 0.05) is 37.9 Å². The zero-order chi connectivity index (χ0) is 23.7. The molecule has 5 heterocycles. The van der Waals surface area contributed by atoms with Crippen molar-refractivity contribution in [3.63, 3.8) is 0 Å². The zero-order valence-electron chi connectivity index (χ0n) is 19.8. The minimum absolute atomic E-state index is 0.0432. The van der Waals surface area contributed by atoms with Crippen molar-refractivity contribution in [3.05, 3.63) is 23.1 Å². The minimum atomic E-state index is 0.0432. The van der Waals surface area contributed by atoms with Crippen LogP contribution in [0.25, 0.3) is 0 Å². The number of carbonyl (C=O) groups excluding carboxylic acids is 1. The van der Waals surface area contributed by atoms with Crippen molar-refractivity contribution in [2.45, 2.75) is 57.2 Å². The molecule has 3 fully saturated rings. The lowest BCUT2D eigenvalue weighted by Crippen LogP contribution is -2.42. The number of aromatic nitrogens is 4. The van der Waals surface area contributed by atoms with E-state index in [2.05, 4.69) is 43.4 Å². The molecule has 3 aliphatic rings. The molecule has 184 valence electrons. The second kappa shape index (κ2) is 10.1. The van der Waals surface area contributed by atoms with Crippen molar-refractivity contribution in [2.75, 3.05) is 50.5 Å². The van der Waals surface area contributed by atoms with E-state index in [0.29, 0.717) is 61.2 Å². The van der Waals surface area contributed by atoms with Gasteiger partial charge in [-0.2, -0.15) is 10.1 Å². The molecule has 2 aromatic heterocycles. The summed E-state index contributed by atoms with van der Waals surface area (Å²) in [5.74, 6) is 1.09. The van der Waals surface area contributed by atoms with Crippen molar-refractivity contribution >= 4 is 35.0 Å². The van der Waals surface area contributed by atoms with Gasteiger partial charge in [-0.3, -0.25) is 9.48 Å². The molecule has 0 aliphatic carbocycles. The third-order valence-electron chi connectivity index (χ3n) is 7.34. The van der Waals surface area contributed by atoms with E-state index < -0.39 is 0 Å². The van der Waals surface area contributed by atoms with Gasteiger partial charge in [0.05, 0.1) is 30.2 Å². The second-order valence-electron chi connectivity index (χ2n) is 9.51. The maximum Gasteiger partial charge on any atom is 0.248 e. The molecule has 2 bridgehead atoms. The molecule has 3 aliphatic heterocycles. The van der Waals surface area contributed by atoms with Crippen molar-refractivity contribution in [1.82, 2.24) is 29.5 Å². The summed E-state index contributed by atoms with van der Waals surface area (Å²) in [4.78, 5) is 25.1. The largest absolute Gasteiger partial charge is 0.370 e. The Morgan fingerprint density at radius 3 is 2.79 bits per heavy atom. The summed E-state index contributed by atoms with van der Waals surface area (Å²) in [5, 5.41) is 11.8. The number of halogens is 1. The highest BCUT2D eigenvalue weighted by Crippen LogP contribution is 2.40. The number of amides is 1. The van der Waals surface area contributed by atoms with Crippen LogP contribution >= 0.6 is 11.6 Å². The van der Waals surface area contributed by atoms with Crippen LogP contribution in [0.3, 0.4) is 0 Å². The average Bonchev–Trinajstić information content (AvgIpc) is 3.26. The van der Waals surface area contributed by atoms with Crippen LogP contribution in [0.15, 0.2) is 12.4 Å². The molecule has 3 saturated heterocycles. The molecule has 0 saturated carbocycles. The number of hydrogen-bond acceptors (Lipinski definition) is 8. The Hall–Kier alpha value is -2.43. The number of nitrogens with zero attached hydrogens (tertiary/aromatic N) is 6. The van der Waals surface area contributed by atoms with Gasteiger partial charge in [0.2, 0.25) is 11.9 Å². The van der Waals surface area contributed by atoms with Crippen LogP contribution in [0.2, 0.25) is 5.02 Å². The van der Waals surface area contributed by atoms with E-state index in [9.17, 15) is 4.79 Å². The summed E-state index contributed by atoms with van der Waals surface area (Å²) in [6.45, 7) is 4.75. The standard InChI is InChI=1S/C23H33ClN8O2/c1-15-20(13-32(29-15)18-10-16-4-5-17(11-18)30(16)2)27-23-26-12-19(24)22(28-23)25-6-3-7-31-8-9-34-14-21(31)33/h12-13,16-18H,3-11,14H2,1-2H3,(H2,25,26,27,28). The fourth-order valence-electron chi connectivity index (χ4n) is 5.33. The van der Waals surface area contributed by atoms with E-state index in [0.717, 1.165) is 30.6 Å². The van der Waals surface area contributed by atoms with Gasteiger partial charge in [0.25, 0.3) is 0 Å². The Balaban J connectivity index is 1.18. The monoisotopic (exact) mass is 488 g/mol. The Kier molecular flexibility index (Phi) is 6.89. The molecule has 11 heteroatoms. The normalized spacial score (nSPS) is 25.1. The van der Waals surface area contributed by atoms with E-state index >= 15 is 0 Å². The maximum atomic E-state index is 11.8. The fraction of sp³-hybridized carbons (Fsp3) is 0.652. The number of piperidine rings is 1. The number of morpholine rings is 1. The average molecular weight is 489 g/mol. The summed E-state index contributed by atoms with van der Waals surface area (Å²) < 4.78 is 7.29. The van der Waals surface area contributed by atoms with Crippen LogP contribution < -0.4 is 10.6 Å². The van der Waals surface area contributed by atoms with E-state index in [4.69, 9.17) is 21.4 Å². The first-order valence-corrected chi connectivity index (χ1v) is 12.5. The molecule has 10 nitrogen and oxygen atoms in total. The van der Waals surface area contributed by atoms with Crippen LogP contribution in [0.5, 0.6) is 0 Å². The van der Waals surface area contributed by atoms with Crippen LogP contribution in [-0.2, 0) is 9.53 Å². The maximum absolute atomic E-state index is 11.8. The number of anilines is 3. The van der Waals surface area contributed by atoms with E-state index in [-0.39, 0.29) is 12.5 Å². The molecule has 2 unspecified atom stereocenters. The van der Waals surface area contributed by atoms with Crippen molar-refractivity contribution in [1.29, 1.82) is 0 Å². The predicted molar refractivity (Wildman–Crippen MR) is 131 cm³/mol. The molecule has 1 amide bonds. The minimum Gasteiger partial charge on any atom is -0.370 e. The number of nitrogens with one attached hydrogen (secondary N) is 2. The third-order valence-corrected chi connectivity index (χ3v) is 7.61. The molecule has 2 N–H and O–H groups in total. The van der Waals surface area contributed by atoms with Gasteiger partial charge in [-0.05, 0) is 46.1 Å². The summed E-state index contributed by atoms with van der Waals surface area (Å²) in [5.41, 5.74) is 1.83. The number of rotatable bonds is 8. The van der Waals surface area contributed by atoms with Crippen molar-refractivity contribution < 1.29 is 9.53 Å². The lowest BCUT2D eigenvalue weighted by atomic mass is 9.98. The Bertz CT molecular complexity index is 1020. The molecule has 2 atom stereocenters. The number of hydrogen-bond donors (Lipinski definition) is 2. The van der Waals surface area contributed by atoms with Gasteiger partial charge in [0.15, 0.2) is 0 Å². The highest BCUT2D eigenvalue weighted by atomic mass is 35.5. The molecule has 0 aromatic carbocycles. The van der Waals surface area contributed by atoms with Gasteiger partial charge in [0.1, 0.15) is 17.4 Å². The summed E-state index contributed by atoms with van der Waals surface area (Å²) in [7, 11) is 2.26. The van der Waals surface area contributed by atoms with Gasteiger partial charge in [-0.15, -0.1) is 0 Å². The fourth-order valence-corrected chi connectivity index (χ4v) is 5.48. The first-order chi connectivity index (χ1) is 16.5. The van der Waals surface area contributed by atoms with Crippen molar-refractivity contribution in [3.8, 4) is 0 Å².